The zero-order chi connectivity index (χ0) is 20.4. The summed E-state index contributed by atoms with van der Waals surface area (Å²) in [5.74, 6) is -1.03. The lowest BCUT2D eigenvalue weighted by Crippen LogP contribution is -2.43. The van der Waals surface area contributed by atoms with Crippen LogP contribution >= 0.6 is 0 Å². The second kappa shape index (κ2) is 8.36. The fourth-order valence-corrected chi connectivity index (χ4v) is 4.22. The summed E-state index contributed by atoms with van der Waals surface area (Å²) in [4.78, 5) is 28.0. The van der Waals surface area contributed by atoms with Gasteiger partial charge in [0.2, 0.25) is 0 Å². The highest BCUT2D eigenvalue weighted by Gasteiger charge is 2.38. The van der Waals surface area contributed by atoms with Crippen LogP contribution < -0.4 is 5.32 Å². The smallest absolute Gasteiger partial charge is 0.258 e. The topological polar surface area (TPSA) is 49.4 Å². The molecule has 4 nitrogen and oxygen atoms in total. The molecular weight excluding hydrogens is 367 g/mol. The third kappa shape index (κ3) is 4.34. The van der Waals surface area contributed by atoms with E-state index in [2.05, 4.69) is 10.2 Å². The second-order valence-corrected chi connectivity index (χ2v) is 8.20. The van der Waals surface area contributed by atoms with Crippen LogP contribution in [0.3, 0.4) is 0 Å². The van der Waals surface area contributed by atoms with Crippen LogP contribution in [0.15, 0.2) is 42.5 Å². The minimum absolute atomic E-state index is 0.00885. The average Bonchev–Trinajstić information content (AvgIpc) is 3.56. The molecule has 0 unspecified atom stereocenters. The predicted molar refractivity (Wildman–Crippen MR) is 112 cm³/mol. The van der Waals surface area contributed by atoms with Crippen molar-refractivity contribution in [2.45, 2.75) is 64.0 Å². The van der Waals surface area contributed by atoms with E-state index >= 15 is 0 Å². The highest BCUT2D eigenvalue weighted by molar-refractivity contribution is 6.05. The molecule has 152 valence electrons. The molecule has 0 bridgehead atoms. The van der Waals surface area contributed by atoms with E-state index < -0.39 is 11.7 Å². The molecule has 2 aliphatic carbocycles. The number of nitrogens with one attached hydrogen (secondary N) is 1. The van der Waals surface area contributed by atoms with Gasteiger partial charge < -0.3 is 10.2 Å². The van der Waals surface area contributed by atoms with E-state index in [9.17, 15) is 14.0 Å². The number of hydrogen-bond donors (Lipinski definition) is 1. The van der Waals surface area contributed by atoms with Crippen LogP contribution in [-0.4, -0.2) is 28.8 Å². The van der Waals surface area contributed by atoms with Gasteiger partial charge in [-0.05, 0) is 62.4 Å². The molecule has 0 atom stereocenters. The summed E-state index contributed by atoms with van der Waals surface area (Å²) in [6.45, 7) is 1.87. The molecule has 5 heteroatoms. The van der Waals surface area contributed by atoms with Gasteiger partial charge in [0, 0.05) is 23.3 Å². The molecule has 0 heterocycles. The molecular formula is C24H27FN2O2. The lowest BCUT2D eigenvalue weighted by atomic mass is 9.93. The summed E-state index contributed by atoms with van der Waals surface area (Å²) in [5.41, 5.74) is 1.95. The Kier molecular flexibility index (Phi) is 5.65. The molecule has 0 aliphatic heterocycles. The highest BCUT2D eigenvalue weighted by Crippen LogP contribution is 2.35. The summed E-state index contributed by atoms with van der Waals surface area (Å²) in [6, 6.07) is 12.0. The Labute approximate surface area is 171 Å². The molecule has 2 aliphatic rings. The van der Waals surface area contributed by atoms with Gasteiger partial charge in [-0.2, -0.15) is 0 Å². The summed E-state index contributed by atoms with van der Waals surface area (Å²) in [7, 11) is 0. The summed E-state index contributed by atoms with van der Waals surface area (Å²) >= 11 is 0. The van der Waals surface area contributed by atoms with Gasteiger partial charge in [-0.3, -0.25) is 9.59 Å². The largest absolute Gasteiger partial charge is 0.333 e. The van der Waals surface area contributed by atoms with Crippen LogP contribution in [0.2, 0.25) is 0 Å². The Balaban J connectivity index is 1.56. The van der Waals surface area contributed by atoms with Crippen molar-refractivity contribution in [1.82, 2.24) is 4.90 Å². The first-order chi connectivity index (χ1) is 14.0. The second-order valence-electron chi connectivity index (χ2n) is 8.20. The Morgan fingerprint density at radius 2 is 1.66 bits per heavy atom. The lowest BCUT2D eigenvalue weighted by Gasteiger charge is -2.35. The molecule has 2 fully saturated rings. The third-order valence-electron chi connectivity index (χ3n) is 5.99. The van der Waals surface area contributed by atoms with Gasteiger partial charge >= 0.3 is 0 Å². The van der Waals surface area contributed by atoms with Crippen molar-refractivity contribution in [3.8, 4) is 0 Å². The number of carbonyl (C=O) groups is 2. The Morgan fingerprint density at radius 3 is 2.34 bits per heavy atom. The van der Waals surface area contributed by atoms with E-state index in [0.717, 1.165) is 31.2 Å². The van der Waals surface area contributed by atoms with E-state index in [-0.39, 0.29) is 11.5 Å². The molecule has 4 rings (SSSR count). The Hall–Kier alpha value is -2.69. The van der Waals surface area contributed by atoms with Gasteiger partial charge in [-0.1, -0.05) is 37.5 Å². The number of amides is 2. The quantitative estimate of drug-likeness (QED) is 0.746. The summed E-state index contributed by atoms with van der Waals surface area (Å²) in [5, 5.41) is 2.78. The normalized spacial score (nSPS) is 17.0. The number of halogens is 1. The minimum Gasteiger partial charge on any atom is -0.333 e. The number of carbonyl (C=O) groups excluding carboxylic acids is 2. The van der Waals surface area contributed by atoms with Crippen molar-refractivity contribution < 1.29 is 14.0 Å². The predicted octanol–water partition coefficient (Wildman–Crippen LogP) is 5.32. The van der Waals surface area contributed by atoms with Crippen molar-refractivity contribution in [2.24, 2.45) is 0 Å². The minimum atomic E-state index is -0.563. The van der Waals surface area contributed by atoms with Gasteiger partial charge in [-0.15, -0.1) is 0 Å². The number of rotatable bonds is 5. The fraction of sp³-hybridized carbons (Fsp3) is 0.417. The molecule has 29 heavy (non-hydrogen) atoms. The number of aryl methyl sites for hydroxylation is 1. The van der Waals surface area contributed by atoms with Crippen molar-refractivity contribution >= 4 is 17.5 Å². The molecule has 0 saturated heterocycles. The number of nitrogens with zero attached hydrogens (tertiary/aromatic N) is 1. The maximum Gasteiger partial charge on any atom is 0.258 e. The van der Waals surface area contributed by atoms with E-state index in [1.807, 2.05) is 19.1 Å². The Morgan fingerprint density at radius 1 is 0.966 bits per heavy atom. The van der Waals surface area contributed by atoms with Crippen LogP contribution in [0.5, 0.6) is 0 Å². The van der Waals surface area contributed by atoms with Crippen molar-refractivity contribution in [2.75, 3.05) is 5.32 Å². The fourth-order valence-electron chi connectivity index (χ4n) is 4.22. The molecule has 2 aromatic rings. The number of benzene rings is 2. The van der Waals surface area contributed by atoms with Gasteiger partial charge in [0.15, 0.2) is 0 Å². The number of anilines is 1. The first kappa shape index (κ1) is 19.6. The highest BCUT2D eigenvalue weighted by atomic mass is 19.1. The number of hydrogen-bond acceptors (Lipinski definition) is 2. The van der Waals surface area contributed by atoms with Gasteiger partial charge in [0.25, 0.3) is 11.8 Å². The maximum absolute atomic E-state index is 13.9. The zero-order valence-corrected chi connectivity index (χ0v) is 16.8. The third-order valence-corrected chi connectivity index (χ3v) is 5.99. The molecule has 0 spiro atoms. The van der Waals surface area contributed by atoms with Crippen molar-refractivity contribution in [1.29, 1.82) is 0 Å². The maximum atomic E-state index is 13.9. The lowest BCUT2D eigenvalue weighted by molar-refractivity contribution is 0.0614. The molecule has 2 amide bonds. The summed E-state index contributed by atoms with van der Waals surface area (Å²) in [6.07, 6.45) is 7.91. The average molecular weight is 394 g/mol. The Bertz CT molecular complexity index is 917. The molecule has 0 aromatic heterocycles. The van der Waals surface area contributed by atoms with Gasteiger partial charge in [0.05, 0.1) is 5.56 Å². The standard InChI is InChI=1S/C24H27FN2O2/c1-16-11-12-17(15-22(16)26-23(28)20-9-5-6-10-21(20)25)24(29)27(19-13-14-19)18-7-3-2-4-8-18/h5-6,9-12,15,18-19H,2-4,7-8,13-14H2,1H3,(H,26,28). The van der Waals surface area contributed by atoms with Gasteiger partial charge in [0.1, 0.15) is 5.82 Å². The molecule has 1 N–H and O–H groups in total. The van der Waals surface area contributed by atoms with E-state index in [1.54, 1.807) is 18.2 Å². The zero-order valence-electron chi connectivity index (χ0n) is 16.8. The van der Waals surface area contributed by atoms with Crippen LogP contribution in [0, 0.1) is 12.7 Å². The monoisotopic (exact) mass is 394 g/mol. The van der Waals surface area contributed by atoms with Crippen LogP contribution in [0.4, 0.5) is 10.1 Å². The van der Waals surface area contributed by atoms with Crippen LogP contribution in [0.1, 0.15) is 71.2 Å². The van der Waals surface area contributed by atoms with Crippen LogP contribution in [-0.2, 0) is 0 Å². The molecule has 0 radical (unpaired) electrons. The first-order valence-electron chi connectivity index (χ1n) is 10.5. The van der Waals surface area contributed by atoms with E-state index in [0.29, 0.717) is 23.3 Å². The van der Waals surface area contributed by atoms with Crippen LogP contribution in [0.25, 0.3) is 0 Å². The summed E-state index contributed by atoms with van der Waals surface area (Å²) < 4.78 is 13.9. The van der Waals surface area contributed by atoms with E-state index in [1.165, 1.54) is 31.4 Å². The molecule has 2 aromatic carbocycles. The van der Waals surface area contributed by atoms with Crippen molar-refractivity contribution in [3.05, 3.63) is 65.0 Å². The van der Waals surface area contributed by atoms with Gasteiger partial charge in [-0.25, -0.2) is 4.39 Å². The van der Waals surface area contributed by atoms with E-state index in [4.69, 9.17) is 0 Å². The SMILES string of the molecule is Cc1ccc(C(=O)N(C2CCCCC2)C2CC2)cc1NC(=O)c1ccccc1F. The molecule has 2 saturated carbocycles. The van der Waals surface area contributed by atoms with Crippen molar-refractivity contribution in [3.63, 3.8) is 0 Å². The first-order valence-corrected chi connectivity index (χ1v) is 10.5.